The minimum absolute atomic E-state index is 0.439. The van der Waals surface area contributed by atoms with Gasteiger partial charge < -0.3 is 24.7 Å². The quantitative estimate of drug-likeness (QED) is 0.653. The van der Waals surface area contributed by atoms with Gasteiger partial charge in [0, 0.05) is 38.5 Å². The largest absolute Gasteiger partial charge is 0.497 e. The van der Waals surface area contributed by atoms with Crippen LogP contribution in [0.5, 0.6) is 11.5 Å². The lowest BCUT2D eigenvalue weighted by Crippen LogP contribution is -2.10. The summed E-state index contributed by atoms with van der Waals surface area (Å²) in [5.41, 5.74) is 6.62. The van der Waals surface area contributed by atoms with Crippen molar-refractivity contribution in [2.24, 2.45) is 5.73 Å². The van der Waals surface area contributed by atoms with Crippen LogP contribution in [0.1, 0.15) is 12.0 Å². The Bertz CT molecular complexity index is 357. The molecule has 0 aliphatic carbocycles. The first-order valence-electron chi connectivity index (χ1n) is 6.38. The van der Waals surface area contributed by atoms with E-state index < -0.39 is 0 Å². The van der Waals surface area contributed by atoms with E-state index in [9.17, 15) is 0 Å². The van der Waals surface area contributed by atoms with Crippen molar-refractivity contribution in [3.05, 3.63) is 23.8 Å². The molecule has 0 bridgehead atoms. The number of nitrogens with two attached hydrogens (primary N) is 1. The van der Waals surface area contributed by atoms with E-state index in [1.807, 2.05) is 18.2 Å². The highest BCUT2D eigenvalue weighted by Crippen LogP contribution is 2.24. The molecule has 0 amide bonds. The maximum atomic E-state index is 5.66. The molecular formula is C14H23NO4. The topological polar surface area (TPSA) is 62.9 Å². The molecule has 0 atom stereocenters. The van der Waals surface area contributed by atoms with Crippen LogP contribution in [0.4, 0.5) is 0 Å². The second kappa shape index (κ2) is 9.61. The Hall–Kier alpha value is -1.30. The highest BCUT2D eigenvalue weighted by molar-refractivity contribution is 5.40. The SMILES string of the molecule is COCCCOCCOc1cc(OC)ccc1CN. The van der Waals surface area contributed by atoms with Crippen LogP contribution in [0, 0.1) is 0 Å². The fourth-order valence-electron chi connectivity index (χ4n) is 1.58. The average Bonchev–Trinajstić information content (AvgIpc) is 2.46. The highest BCUT2D eigenvalue weighted by atomic mass is 16.5. The zero-order valence-corrected chi connectivity index (χ0v) is 11.7. The van der Waals surface area contributed by atoms with Crippen LogP contribution in [0.3, 0.4) is 0 Å². The van der Waals surface area contributed by atoms with Crippen molar-refractivity contribution in [3.8, 4) is 11.5 Å². The fraction of sp³-hybridized carbons (Fsp3) is 0.571. The summed E-state index contributed by atoms with van der Waals surface area (Å²) in [5, 5.41) is 0. The summed E-state index contributed by atoms with van der Waals surface area (Å²) in [6.45, 7) is 2.87. The molecule has 5 heteroatoms. The van der Waals surface area contributed by atoms with Gasteiger partial charge >= 0.3 is 0 Å². The minimum Gasteiger partial charge on any atom is -0.497 e. The van der Waals surface area contributed by atoms with Crippen molar-refractivity contribution in [1.82, 2.24) is 0 Å². The van der Waals surface area contributed by atoms with E-state index in [1.165, 1.54) is 0 Å². The van der Waals surface area contributed by atoms with Gasteiger partial charge in [-0.1, -0.05) is 6.07 Å². The Kier molecular flexibility index (Phi) is 7.97. The number of hydrogen-bond donors (Lipinski definition) is 1. The number of ether oxygens (including phenoxy) is 4. The molecule has 0 spiro atoms. The molecule has 0 heterocycles. The molecule has 0 aromatic heterocycles. The van der Waals surface area contributed by atoms with Gasteiger partial charge in [0.1, 0.15) is 18.1 Å². The fourth-order valence-corrected chi connectivity index (χ4v) is 1.58. The third-order valence-corrected chi connectivity index (χ3v) is 2.62. The molecular weight excluding hydrogens is 246 g/mol. The molecule has 0 saturated carbocycles. The first-order valence-corrected chi connectivity index (χ1v) is 6.38. The van der Waals surface area contributed by atoms with Gasteiger partial charge in [-0.3, -0.25) is 0 Å². The molecule has 1 aromatic rings. The molecule has 108 valence electrons. The molecule has 19 heavy (non-hydrogen) atoms. The van der Waals surface area contributed by atoms with Crippen molar-refractivity contribution in [2.75, 3.05) is 40.6 Å². The molecule has 1 rings (SSSR count). The van der Waals surface area contributed by atoms with Crippen LogP contribution in [0.25, 0.3) is 0 Å². The van der Waals surface area contributed by atoms with Crippen LogP contribution < -0.4 is 15.2 Å². The normalized spacial score (nSPS) is 10.5. The lowest BCUT2D eigenvalue weighted by Gasteiger charge is -2.12. The minimum atomic E-state index is 0.439. The van der Waals surface area contributed by atoms with Gasteiger partial charge in [-0.05, 0) is 12.5 Å². The van der Waals surface area contributed by atoms with Crippen LogP contribution >= 0.6 is 0 Å². The van der Waals surface area contributed by atoms with E-state index in [1.54, 1.807) is 14.2 Å². The van der Waals surface area contributed by atoms with Crippen molar-refractivity contribution < 1.29 is 18.9 Å². The maximum absolute atomic E-state index is 5.66. The molecule has 0 radical (unpaired) electrons. The molecule has 0 aliphatic heterocycles. The predicted molar refractivity (Wildman–Crippen MR) is 73.7 cm³/mol. The number of rotatable bonds is 10. The summed E-state index contributed by atoms with van der Waals surface area (Å²) >= 11 is 0. The van der Waals surface area contributed by atoms with Crippen molar-refractivity contribution in [3.63, 3.8) is 0 Å². The van der Waals surface area contributed by atoms with Crippen LogP contribution in [0.2, 0.25) is 0 Å². The van der Waals surface area contributed by atoms with Crippen molar-refractivity contribution in [2.45, 2.75) is 13.0 Å². The second-order valence-electron chi connectivity index (χ2n) is 3.98. The van der Waals surface area contributed by atoms with E-state index in [4.69, 9.17) is 24.7 Å². The highest BCUT2D eigenvalue weighted by Gasteiger charge is 2.04. The van der Waals surface area contributed by atoms with Gasteiger partial charge in [0.15, 0.2) is 0 Å². The molecule has 0 aliphatic rings. The van der Waals surface area contributed by atoms with Crippen molar-refractivity contribution in [1.29, 1.82) is 0 Å². The Morgan fingerprint density at radius 1 is 1.05 bits per heavy atom. The van der Waals surface area contributed by atoms with Crippen LogP contribution in [-0.4, -0.2) is 40.6 Å². The molecule has 0 unspecified atom stereocenters. The van der Waals surface area contributed by atoms with Crippen molar-refractivity contribution >= 4 is 0 Å². The van der Waals surface area contributed by atoms with Gasteiger partial charge in [0.2, 0.25) is 0 Å². The third kappa shape index (κ3) is 5.92. The second-order valence-corrected chi connectivity index (χ2v) is 3.98. The monoisotopic (exact) mass is 269 g/mol. The van der Waals surface area contributed by atoms with Crippen LogP contribution in [-0.2, 0) is 16.0 Å². The lowest BCUT2D eigenvalue weighted by molar-refractivity contribution is 0.0803. The summed E-state index contributed by atoms with van der Waals surface area (Å²) < 4.78 is 21.2. The van der Waals surface area contributed by atoms with E-state index in [2.05, 4.69) is 0 Å². The third-order valence-electron chi connectivity index (χ3n) is 2.62. The smallest absolute Gasteiger partial charge is 0.127 e. The molecule has 0 fully saturated rings. The van der Waals surface area contributed by atoms with E-state index in [0.29, 0.717) is 33.0 Å². The first-order chi connectivity index (χ1) is 9.31. The maximum Gasteiger partial charge on any atom is 0.127 e. The molecule has 2 N–H and O–H groups in total. The Morgan fingerprint density at radius 2 is 1.89 bits per heavy atom. The number of benzene rings is 1. The summed E-state index contributed by atoms with van der Waals surface area (Å²) in [6, 6.07) is 5.62. The van der Waals surface area contributed by atoms with Gasteiger partial charge in [-0.15, -0.1) is 0 Å². The zero-order chi connectivity index (χ0) is 13.9. The Balaban J connectivity index is 2.31. The lowest BCUT2D eigenvalue weighted by atomic mass is 10.2. The molecule has 1 aromatic carbocycles. The Morgan fingerprint density at radius 3 is 2.58 bits per heavy atom. The first kappa shape index (κ1) is 15.8. The summed E-state index contributed by atoms with van der Waals surface area (Å²) in [5.74, 6) is 1.51. The number of methoxy groups -OCH3 is 2. The van der Waals surface area contributed by atoms with E-state index in [-0.39, 0.29) is 0 Å². The number of hydrogen-bond acceptors (Lipinski definition) is 5. The van der Waals surface area contributed by atoms with Gasteiger partial charge in [0.05, 0.1) is 13.7 Å². The molecule has 5 nitrogen and oxygen atoms in total. The average molecular weight is 269 g/mol. The van der Waals surface area contributed by atoms with Gasteiger partial charge in [0.25, 0.3) is 0 Å². The van der Waals surface area contributed by atoms with Gasteiger partial charge in [-0.2, -0.15) is 0 Å². The standard InChI is InChI=1S/C14H23NO4/c1-16-6-3-7-18-8-9-19-14-10-13(17-2)5-4-12(14)11-15/h4-5,10H,3,6-9,11,15H2,1-2H3. The predicted octanol–water partition coefficient (Wildman–Crippen LogP) is 1.59. The Labute approximate surface area is 114 Å². The summed E-state index contributed by atoms with van der Waals surface area (Å²) in [7, 11) is 3.31. The van der Waals surface area contributed by atoms with E-state index >= 15 is 0 Å². The summed E-state index contributed by atoms with van der Waals surface area (Å²) in [4.78, 5) is 0. The molecule has 0 saturated heterocycles. The van der Waals surface area contributed by atoms with E-state index in [0.717, 1.165) is 23.5 Å². The zero-order valence-electron chi connectivity index (χ0n) is 11.7. The van der Waals surface area contributed by atoms with Crippen LogP contribution in [0.15, 0.2) is 18.2 Å². The van der Waals surface area contributed by atoms with Gasteiger partial charge in [-0.25, -0.2) is 0 Å². The summed E-state index contributed by atoms with van der Waals surface area (Å²) in [6.07, 6.45) is 0.893.